The molecule has 4 aromatic rings. The van der Waals surface area contributed by atoms with Crippen LogP contribution in [0, 0.1) is 11.3 Å². The minimum absolute atomic E-state index is 0.151. The van der Waals surface area contributed by atoms with Crippen LogP contribution in [0.2, 0.25) is 0 Å². The summed E-state index contributed by atoms with van der Waals surface area (Å²) in [5, 5.41) is 11.1. The van der Waals surface area contributed by atoms with E-state index < -0.39 is 0 Å². The summed E-state index contributed by atoms with van der Waals surface area (Å²) in [5.41, 5.74) is 4.73. The van der Waals surface area contributed by atoms with Gasteiger partial charge in [-0.3, -0.25) is 9.69 Å². The molecule has 6 heteroatoms. The first-order valence-corrected chi connectivity index (χ1v) is 10.7. The van der Waals surface area contributed by atoms with E-state index in [1.165, 1.54) is 5.56 Å². The third kappa shape index (κ3) is 4.38. The van der Waals surface area contributed by atoms with E-state index in [2.05, 4.69) is 39.1 Å². The van der Waals surface area contributed by atoms with E-state index >= 15 is 0 Å². The van der Waals surface area contributed by atoms with Crippen molar-refractivity contribution < 1.29 is 4.74 Å². The maximum absolute atomic E-state index is 12.6. The van der Waals surface area contributed by atoms with Crippen molar-refractivity contribution in [2.75, 3.05) is 26.3 Å². The summed E-state index contributed by atoms with van der Waals surface area (Å²) in [4.78, 5) is 21.3. The van der Waals surface area contributed by atoms with Crippen molar-refractivity contribution in [2.24, 2.45) is 0 Å². The molecule has 1 fully saturated rings. The van der Waals surface area contributed by atoms with Crippen LogP contribution in [0.4, 0.5) is 0 Å². The summed E-state index contributed by atoms with van der Waals surface area (Å²) in [5.74, 6) is 0. The Kier molecular flexibility index (Phi) is 6.17. The molecule has 0 saturated carbocycles. The molecule has 1 aliphatic heterocycles. The number of aromatic nitrogens is 2. The van der Waals surface area contributed by atoms with Crippen molar-refractivity contribution in [3.05, 3.63) is 70.0 Å². The average Bonchev–Trinajstić information content (AvgIpc) is 3.23. The van der Waals surface area contributed by atoms with E-state index in [1.54, 1.807) is 18.2 Å². The zero-order valence-electron chi connectivity index (χ0n) is 17.9. The van der Waals surface area contributed by atoms with Gasteiger partial charge in [-0.15, -0.1) is 0 Å². The molecule has 0 amide bonds. The fourth-order valence-corrected chi connectivity index (χ4v) is 3.92. The largest absolute Gasteiger partial charge is 0.379 e. The molecule has 1 saturated heterocycles. The molecule has 2 aromatic carbocycles. The molecule has 0 atom stereocenters. The van der Waals surface area contributed by atoms with Crippen molar-refractivity contribution in [1.29, 1.82) is 5.26 Å². The molecule has 158 valence electrons. The van der Waals surface area contributed by atoms with Gasteiger partial charge < -0.3 is 14.7 Å². The number of benzene rings is 2. The zero-order chi connectivity index (χ0) is 21.8. The Bertz CT molecular complexity index is 1310. The van der Waals surface area contributed by atoms with Crippen molar-refractivity contribution in [1.82, 2.24) is 14.9 Å². The number of nitriles is 1. The second kappa shape index (κ2) is 9.17. The Morgan fingerprint density at radius 3 is 2.45 bits per heavy atom. The lowest BCUT2D eigenvalue weighted by molar-refractivity contribution is 0.0342. The van der Waals surface area contributed by atoms with Gasteiger partial charge in [0.05, 0.1) is 36.1 Å². The van der Waals surface area contributed by atoms with Gasteiger partial charge in [0.15, 0.2) is 0 Å². The van der Waals surface area contributed by atoms with Crippen molar-refractivity contribution in [3.8, 4) is 17.3 Å². The molecule has 0 bridgehead atoms. The number of fused-ring (bicyclic) bond motifs is 2. The highest BCUT2D eigenvalue weighted by molar-refractivity contribution is 5.89. The highest BCUT2D eigenvalue weighted by Gasteiger charge is 2.13. The van der Waals surface area contributed by atoms with Gasteiger partial charge in [-0.2, -0.15) is 5.26 Å². The van der Waals surface area contributed by atoms with E-state index in [-0.39, 0.29) is 5.56 Å². The molecule has 0 aliphatic carbocycles. The van der Waals surface area contributed by atoms with Gasteiger partial charge >= 0.3 is 0 Å². The molecule has 0 unspecified atom stereocenters. The van der Waals surface area contributed by atoms with Gasteiger partial charge in [-0.1, -0.05) is 19.9 Å². The lowest BCUT2D eigenvalue weighted by atomic mass is 10.1. The maximum Gasteiger partial charge on any atom is 0.257 e. The van der Waals surface area contributed by atoms with Crippen LogP contribution in [0.1, 0.15) is 25.0 Å². The number of pyridine rings is 1. The van der Waals surface area contributed by atoms with E-state index in [1.807, 2.05) is 26.0 Å². The van der Waals surface area contributed by atoms with Crippen molar-refractivity contribution in [2.45, 2.75) is 20.4 Å². The Morgan fingerprint density at radius 1 is 0.968 bits per heavy atom. The predicted octanol–water partition coefficient (Wildman–Crippen LogP) is 4.41. The van der Waals surface area contributed by atoms with E-state index in [0.717, 1.165) is 60.3 Å². The zero-order valence-corrected chi connectivity index (χ0v) is 17.9. The third-order valence-corrected chi connectivity index (χ3v) is 5.46. The number of H-pyrrole nitrogens is 2. The van der Waals surface area contributed by atoms with E-state index in [9.17, 15) is 4.79 Å². The summed E-state index contributed by atoms with van der Waals surface area (Å²) < 4.78 is 5.42. The summed E-state index contributed by atoms with van der Waals surface area (Å²) >= 11 is 0. The highest BCUT2D eigenvalue weighted by atomic mass is 16.5. The number of aromatic amines is 2. The van der Waals surface area contributed by atoms with Crippen LogP contribution in [-0.4, -0.2) is 41.2 Å². The van der Waals surface area contributed by atoms with E-state index in [4.69, 9.17) is 10.00 Å². The lowest BCUT2D eigenvalue weighted by Crippen LogP contribution is -2.35. The van der Waals surface area contributed by atoms with Crippen molar-refractivity contribution >= 4 is 21.8 Å². The molecular weight excluding hydrogens is 388 g/mol. The van der Waals surface area contributed by atoms with Gasteiger partial charge in [0.1, 0.15) is 0 Å². The summed E-state index contributed by atoms with van der Waals surface area (Å²) in [7, 11) is 0. The first kappa shape index (κ1) is 20.9. The molecule has 2 aromatic heterocycles. The highest BCUT2D eigenvalue weighted by Crippen LogP contribution is 2.25. The molecule has 3 heterocycles. The molecule has 31 heavy (non-hydrogen) atoms. The summed E-state index contributed by atoms with van der Waals surface area (Å²) in [6.45, 7) is 8.37. The maximum atomic E-state index is 12.6. The second-order valence-corrected chi connectivity index (χ2v) is 7.42. The van der Waals surface area contributed by atoms with Gasteiger partial charge in [0, 0.05) is 41.4 Å². The number of hydrogen-bond acceptors (Lipinski definition) is 4. The Labute approximate surface area is 181 Å². The van der Waals surface area contributed by atoms with Crippen LogP contribution in [0.15, 0.2) is 53.3 Å². The molecular formula is C25H26N4O2. The smallest absolute Gasteiger partial charge is 0.257 e. The SMILES string of the molecule is CC.N#Cc1ccc2[nH]c(=O)c(-c3cc4cc(CN5CCOCC5)ccc4[nH]3)cc2c1. The fraction of sp³-hybridized carbons (Fsp3) is 0.280. The van der Waals surface area contributed by atoms with Gasteiger partial charge in [-0.05, 0) is 48.0 Å². The number of morpholine rings is 1. The molecule has 0 spiro atoms. The third-order valence-electron chi connectivity index (χ3n) is 5.46. The number of rotatable bonds is 3. The van der Waals surface area contributed by atoms with Crippen LogP contribution in [0.3, 0.4) is 0 Å². The number of ether oxygens (including phenoxy) is 1. The molecule has 2 N–H and O–H groups in total. The summed E-state index contributed by atoms with van der Waals surface area (Å²) in [6.07, 6.45) is 0. The fourth-order valence-electron chi connectivity index (χ4n) is 3.92. The van der Waals surface area contributed by atoms with Gasteiger partial charge in [0.25, 0.3) is 5.56 Å². The van der Waals surface area contributed by atoms with Gasteiger partial charge in [-0.25, -0.2) is 0 Å². The normalized spacial score (nSPS) is 14.2. The standard InChI is InChI=1S/C23H20N4O2.C2H6/c24-13-15-1-3-21-17(9-15)11-19(23(28)26-21)22-12-18-10-16(2-4-20(18)25-22)14-27-5-7-29-8-6-27;1-2/h1-4,9-12,25H,5-8,14H2,(H,26,28);1-2H3. The predicted molar refractivity (Wildman–Crippen MR) is 124 cm³/mol. The van der Waals surface area contributed by atoms with Gasteiger partial charge in [0.2, 0.25) is 0 Å². The second-order valence-electron chi connectivity index (χ2n) is 7.42. The average molecular weight is 415 g/mol. The van der Waals surface area contributed by atoms with Crippen LogP contribution >= 0.6 is 0 Å². The molecule has 5 rings (SSSR count). The minimum atomic E-state index is -0.151. The molecule has 6 nitrogen and oxygen atoms in total. The van der Waals surface area contributed by atoms with Crippen LogP contribution < -0.4 is 5.56 Å². The number of nitrogens with one attached hydrogen (secondary N) is 2. The number of nitrogens with zero attached hydrogens (tertiary/aromatic N) is 2. The Hall–Kier alpha value is -3.40. The van der Waals surface area contributed by atoms with Crippen molar-refractivity contribution in [3.63, 3.8) is 0 Å². The van der Waals surface area contributed by atoms with Crippen LogP contribution in [0.25, 0.3) is 33.1 Å². The van der Waals surface area contributed by atoms with E-state index in [0.29, 0.717) is 11.1 Å². The molecule has 0 radical (unpaired) electrons. The summed E-state index contributed by atoms with van der Waals surface area (Å²) in [6, 6.07) is 17.6. The quantitative estimate of drug-likeness (QED) is 0.520. The minimum Gasteiger partial charge on any atom is -0.379 e. The first-order chi connectivity index (χ1) is 15.2. The monoisotopic (exact) mass is 414 g/mol. The topological polar surface area (TPSA) is 84.9 Å². The Morgan fingerprint density at radius 2 is 1.68 bits per heavy atom. The van der Waals surface area contributed by atoms with Crippen LogP contribution in [0.5, 0.6) is 0 Å². The molecule has 1 aliphatic rings. The number of hydrogen-bond donors (Lipinski definition) is 2. The lowest BCUT2D eigenvalue weighted by Gasteiger charge is -2.26. The van der Waals surface area contributed by atoms with Crippen LogP contribution in [-0.2, 0) is 11.3 Å². The Balaban J connectivity index is 0.00000112. The first-order valence-electron chi connectivity index (χ1n) is 10.7.